The molecule has 2 nitrogen and oxygen atoms in total. The van der Waals surface area contributed by atoms with Gasteiger partial charge in [0.15, 0.2) is 0 Å². The molecule has 2 unspecified atom stereocenters. The van der Waals surface area contributed by atoms with E-state index in [2.05, 4.69) is 10.3 Å². The van der Waals surface area contributed by atoms with E-state index in [9.17, 15) is 4.39 Å². The largest absolute Gasteiger partial charge is 0.316 e. The van der Waals surface area contributed by atoms with Gasteiger partial charge in [0.25, 0.3) is 0 Å². The number of rotatable bonds is 2. The second-order valence-electron chi connectivity index (χ2n) is 3.87. The molecule has 0 aliphatic heterocycles. The van der Waals surface area contributed by atoms with E-state index in [0.29, 0.717) is 12.0 Å². The fourth-order valence-electron chi connectivity index (χ4n) is 2.34. The lowest BCUT2D eigenvalue weighted by atomic mass is 9.96. The molecule has 0 amide bonds. The highest BCUT2D eigenvalue weighted by Gasteiger charge is 2.27. The molecular weight excluding hydrogens is 179 g/mol. The topological polar surface area (TPSA) is 24.9 Å². The van der Waals surface area contributed by atoms with Gasteiger partial charge >= 0.3 is 0 Å². The molecular formula is C11H15FN2. The van der Waals surface area contributed by atoms with Crippen molar-refractivity contribution in [2.24, 2.45) is 0 Å². The van der Waals surface area contributed by atoms with Crippen molar-refractivity contribution in [3.63, 3.8) is 0 Å². The summed E-state index contributed by atoms with van der Waals surface area (Å²) >= 11 is 0. The van der Waals surface area contributed by atoms with Crippen molar-refractivity contribution in [1.29, 1.82) is 0 Å². The number of likely N-dealkylation sites (N-methyl/N-ethyl adjacent to an activating group) is 1. The molecule has 2 atom stereocenters. The van der Waals surface area contributed by atoms with E-state index >= 15 is 0 Å². The summed E-state index contributed by atoms with van der Waals surface area (Å²) in [4.78, 5) is 3.89. The molecule has 14 heavy (non-hydrogen) atoms. The minimum Gasteiger partial charge on any atom is -0.316 e. The third-order valence-corrected chi connectivity index (χ3v) is 3.04. The van der Waals surface area contributed by atoms with Gasteiger partial charge in [-0.05, 0) is 31.5 Å². The monoisotopic (exact) mass is 194 g/mol. The average Bonchev–Trinajstić information content (AvgIpc) is 2.65. The van der Waals surface area contributed by atoms with Crippen LogP contribution in [0.3, 0.4) is 0 Å². The van der Waals surface area contributed by atoms with Gasteiger partial charge in [0.2, 0.25) is 0 Å². The molecule has 0 spiro atoms. The molecule has 0 saturated heterocycles. The molecule has 0 bridgehead atoms. The van der Waals surface area contributed by atoms with Gasteiger partial charge in [-0.2, -0.15) is 0 Å². The van der Waals surface area contributed by atoms with Crippen LogP contribution in [0, 0.1) is 5.82 Å². The Hall–Kier alpha value is -0.960. The normalized spacial score (nSPS) is 26.7. The highest BCUT2D eigenvalue weighted by atomic mass is 19.1. The molecule has 1 aromatic heterocycles. The first-order valence-electron chi connectivity index (χ1n) is 5.09. The van der Waals surface area contributed by atoms with Gasteiger partial charge in [-0.15, -0.1) is 0 Å². The molecule has 1 aliphatic rings. The standard InChI is InChI=1S/C11H15FN2/c1-13-11-4-2-3-10(11)8-5-9(12)7-14-6-8/h5-7,10-11,13H,2-4H2,1H3. The summed E-state index contributed by atoms with van der Waals surface area (Å²) in [5, 5.41) is 3.28. The molecule has 1 heterocycles. The average molecular weight is 194 g/mol. The van der Waals surface area contributed by atoms with E-state index in [1.54, 1.807) is 12.3 Å². The lowest BCUT2D eigenvalue weighted by Crippen LogP contribution is -2.27. The van der Waals surface area contributed by atoms with E-state index in [0.717, 1.165) is 12.0 Å². The number of nitrogens with one attached hydrogen (secondary N) is 1. The van der Waals surface area contributed by atoms with Crippen LogP contribution in [0.4, 0.5) is 4.39 Å². The Morgan fingerprint density at radius 2 is 2.29 bits per heavy atom. The minimum atomic E-state index is -0.232. The van der Waals surface area contributed by atoms with E-state index in [4.69, 9.17) is 0 Å². The van der Waals surface area contributed by atoms with Crippen LogP contribution in [-0.4, -0.2) is 18.1 Å². The number of halogens is 1. The summed E-state index contributed by atoms with van der Waals surface area (Å²) in [5.74, 6) is 0.201. The Bertz CT molecular complexity index is 314. The van der Waals surface area contributed by atoms with Crippen molar-refractivity contribution in [3.8, 4) is 0 Å². The third-order valence-electron chi connectivity index (χ3n) is 3.04. The molecule has 1 aliphatic carbocycles. The Kier molecular flexibility index (Phi) is 2.77. The minimum absolute atomic E-state index is 0.232. The Labute approximate surface area is 83.6 Å². The number of hydrogen-bond acceptors (Lipinski definition) is 2. The van der Waals surface area contributed by atoms with Crippen LogP contribution >= 0.6 is 0 Å². The Balaban J connectivity index is 2.21. The number of nitrogens with zero attached hydrogens (tertiary/aromatic N) is 1. The molecule has 2 rings (SSSR count). The summed E-state index contributed by atoms with van der Waals surface area (Å²) < 4.78 is 13.0. The van der Waals surface area contributed by atoms with Crippen LogP contribution in [0.1, 0.15) is 30.7 Å². The van der Waals surface area contributed by atoms with Gasteiger partial charge in [0.05, 0.1) is 6.20 Å². The van der Waals surface area contributed by atoms with E-state index < -0.39 is 0 Å². The van der Waals surface area contributed by atoms with Crippen LogP contribution in [0.2, 0.25) is 0 Å². The zero-order valence-electron chi connectivity index (χ0n) is 8.33. The molecule has 1 aromatic rings. The highest BCUT2D eigenvalue weighted by molar-refractivity contribution is 5.19. The lowest BCUT2D eigenvalue weighted by Gasteiger charge is -2.18. The molecule has 3 heteroatoms. The van der Waals surface area contributed by atoms with Crippen molar-refractivity contribution < 1.29 is 4.39 Å². The van der Waals surface area contributed by atoms with Gasteiger partial charge in [-0.1, -0.05) is 6.42 Å². The fraction of sp³-hybridized carbons (Fsp3) is 0.545. The predicted octanol–water partition coefficient (Wildman–Crippen LogP) is 2.08. The van der Waals surface area contributed by atoms with Crippen LogP contribution < -0.4 is 5.32 Å². The van der Waals surface area contributed by atoms with Crippen LogP contribution in [0.5, 0.6) is 0 Å². The van der Waals surface area contributed by atoms with Crippen molar-refractivity contribution in [2.75, 3.05) is 7.05 Å². The number of pyridine rings is 1. The first-order chi connectivity index (χ1) is 6.81. The number of hydrogen-bond donors (Lipinski definition) is 1. The molecule has 0 radical (unpaired) electrons. The Morgan fingerprint density at radius 3 is 3.00 bits per heavy atom. The van der Waals surface area contributed by atoms with E-state index in [1.807, 2.05) is 7.05 Å². The third kappa shape index (κ3) is 1.77. The Morgan fingerprint density at radius 1 is 1.43 bits per heavy atom. The summed E-state index contributed by atoms with van der Waals surface area (Å²) in [6, 6.07) is 2.09. The van der Waals surface area contributed by atoms with E-state index in [1.165, 1.54) is 19.0 Å². The van der Waals surface area contributed by atoms with Crippen LogP contribution in [-0.2, 0) is 0 Å². The molecule has 1 fully saturated rings. The molecule has 0 aromatic carbocycles. The zero-order valence-corrected chi connectivity index (χ0v) is 8.33. The molecule has 1 N–H and O–H groups in total. The predicted molar refractivity (Wildman–Crippen MR) is 53.6 cm³/mol. The summed E-state index contributed by atoms with van der Waals surface area (Å²) in [5.41, 5.74) is 1.03. The lowest BCUT2D eigenvalue weighted by molar-refractivity contribution is 0.517. The summed E-state index contributed by atoms with van der Waals surface area (Å²) in [7, 11) is 1.97. The number of aromatic nitrogens is 1. The van der Waals surface area contributed by atoms with Gasteiger partial charge in [-0.25, -0.2) is 4.39 Å². The van der Waals surface area contributed by atoms with Gasteiger partial charge in [0.1, 0.15) is 5.82 Å². The van der Waals surface area contributed by atoms with Crippen molar-refractivity contribution in [2.45, 2.75) is 31.2 Å². The maximum Gasteiger partial charge on any atom is 0.141 e. The quantitative estimate of drug-likeness (QED) is 0.779. The zero-order chi connectivity index (χ0) is 9.97. The van der Waals surface area contributed by atoms with Gasteiger partial charge < -0.3 is 5.32 Å². The maximum absolute atomic E-state index is 13.0. The molecule has 1 saturated carbocycles. The highest BCUT2D eigenvalue weighted by Crippen LogP contribution is 2.34. The van der Waals surface area contributed by atoms with Crippen LogP contribution in [0.25, 0.3) is 0 Å². The summed E-state index contributed by atoms with van der Waals surface area (Å²) in [6.07, 6.45) is 6.57. The van der Waals surface area contributed by atoms with Crippen molar-refractivity contribution in [1.82, 2.24) is 10.3 Å². The van der Waals surface area contributed by atoms with Gasteiger partial charge in [0, 0.05) is 18.2 Å². The van der Waals surface area contributed by atoms with Crippen molar-refractivity contribution in [3.05, 3.63) is 29.8 Å². The van der Waals surface area contributed by atoms with Crippen LogP contribution in [0.15, 0.2) is 18.5 Å². The SMILES string of the molecule is CNC1CCCC1c1cncc(F)c1. The maximum atomic E-state index is 13.0. The molecule has 76 valence electrons. The first-order valence-corrected chi connectivity index (χ1v) is 5.09. The van der Waals surface area contributed by atoms with Crippen molar-refractivity contribution >= 4 is 0 Å². The second-order valence-corrected chi connectivity index (χ2v) is 3.87. The summed E-state index contributed by atoms with van der Waals surface area (Å²) in [6.45, 7) is 0. The smallest absolute Gasteiger partial charge is 0.141 e. The van der Waals surface area contributed by atoms with Gasteiger partial charge in [-0.3, -0.25) is 4.98 Å². The van der Waals surface area contributed by atoms with E-state index in [-0.39, 0.29) is 5.82 Å². The second kappa shape index (κ2) is 4.05. The fourth-order valence-corrected chi connectivity index (χ4v) is 2.34. The first kappa shape index (κ1) is 9.59.